The van der Waals surface area contributed by atoms with E-state index in [0.717, 1.165) is 6.08 Å². The number of carbonyl (C=O) groups is 1. The summed E-state index contributed by atoms with van der Waals surface area (Å²) in [6, 6.07) is 0. The van der Waals surface area contributed by atoms with Crippen LogP contribution in [0.1, 0.15) is 0 Å². The molecule has 0 aliphatic heterocycles. The van der Waals surface area contributed by atoms with Crippen LogP contribution in [0, 0.1) is 0 Å². The van der Waals surface area contributed by atoms with E-state index in [9.17, 15) is 9.32 Å². The van der Waals surface area contributed by atoms with Crippen LogP contribution < -0.4 is 0 Å². The van der Waals surface area contributed by atoms with Gasteiger partial charge in [-0.15, -0.1) is 0 Å². The fraction of sp³-hybridized carbons (Fsp3) is 0. The molecule has 0 aromatic carbocycles. The summed E-state index contributed by atoms with van der Waals surface area (Å²) in [7, 11) is 0. The SMILES string of the molecule is C=CC(=O)OOF. The summed E-state index contributed by atoms with van der Waals surface area (Å²) >= 11 is 0. The van der Waals surface area contributed by atoms with E-state index in [-0.39, 0.29) is 0 Å². The molecule has 0 fully saturated rings. The van der Waals surface area contributed by atoms with Crippen molar-refractivity contribution < 1.29 is 19.3 Å². The van der Waals surface area contributed by atoms with Gasteiger partial charge in [0.15, 0.2) is 0 Å². The van der Waals surface area contributed by atoms with E-state index in [2.05, 4.69) is 16.6 Å². The Morgan fingerprint density at radius 1 is 1.86 bits per heavy atom. The van der Waals surface area contributed by atoms with E-state index in [4.69, 9.17) is 0 Å². The molecule has 3 nitrogen and oxygen atoms in total. The van der Waals surface area contributed by atoms with E-state index < -0.39 is 5.97 Å². The molecule has 0 spiro atoms. The predicted octanol–water partition coefficient (Wildman–Crippen LogP) is 0.532. The molecule has 0 N–H and O–H groups in total. The van der Waals surface area contributed by atoms with Gasteiger partial charge < -0.3 is 0 Å². The largest absolute Gasteiger partial charge is 0.368 e. The molecular weight excluding hydrogens is 103 g/mol. The highest BCUT2D eigenvalue weighted by Crippen LogP contribution is 1.79. The monoisotopic (exact) mass is 106 g/mol. The van der Waals surface area contributed by atoms with Gasteiger partial charge in [-0.3, -0.25) is 4.89 Å². The van der Waals surface area contributed by atoms with Crippen molar-refractivity contribution in [1.82, 2.24) is 0 Å². The topological polar surface area (TPSA) is 35.5 Å². The van der Waals surface area contributed by atoms with Crippen LogP contribution in [0.3, 0.4) is 0 Å². The third kappa shape index (κ3) is 2.92. The van der Waals surface area contributed by atoms with Gasteiger partial charge in [0.05, 0.1) is 0 Å². The van der Waals surface area contributed by atoms with Crippen molar-refractivity contribution >= 4 is 5.97 Å². The Balaban J connectivity index is 3.17. The molecule has 0 aliphatic rings. The summed E-state index contributed by atoms with van der Waals surface area (Å²) in [6.07, 6.45) is 0.777. The van der Waals surface area contributed by atoms with Gasteiger partial charge in [0.25, 0.3) is 0 Å². The fourth-order valence-corrected chi connectivity index (χ4v) is 0.0651. The molecule has 0 saturated heterocycles. The standard InChI is InChI=1S/C3H3FO3/c1-2-3(5)6-7-4/h2H,1H2. The first-order chi connectivity index (χ1) is 3.31. The lowest BCUT2D eigenvalue weighted by atomic mass is 10.7. The summed E-state index contributed by atoms with van der Waals surface area (Å²) < 4.78 is 10.4. The first kappa shape index (κ1) is 6.10. The minimum Gasteiger partial charge on any atom is -0.260 e. The van der Waals surface area contributed by atoms with Gasteiger partial charge in [-0.1, -0.05) is 6.58 Å². The number of hydrogen-bond acceptors (Lipinski definition) is 3. The van der Waals surface area contributed by atoms with Gasteiger partial charge >= 0.3 is 5.97 Å². The first-order valence-electron chi connectivity index (χ1n) is 1.43. The zero-order valence-corrected chi connectivity index (χ0v) is 3.39. The van der Waals surface area contributed by atoms with E-state index in [1.807, 2.05) is 0 Å². The predicted molar refractivity (Wildman–Crippen MR) is 18.5 cm³/mol. The molecule has 0 heterocycles. The van der Waals surface area contributed by atoms with Crippen LogP contribution in [-0.2, 0) is 14.8 Å². The Bertz CT molecular complexity index is 80.2. The van der Waals surface area contributed by atoms with Crippen LogP contribution in [0.25, 0.3) is 0 Å². The molecule has 0 bridgehead atoms. The summed E-state index contributed by atoms with van der Waals surface area (Å²) in [5.41, 5.74) is 0. The highest BCUT2D eigenvalue weighted by molar-refractivity contribution is 5.80. The Labute approximate surface area is 39.2 Å². The van der Waals surface area contributed by atoms with Crippen molar-refractivity contribution in [1.29, 1.82) is 0 Å². The van der Waals surface area contributed by atoms with Crippen LogP contribution in [0.4, 0.5) is 4.53 Å². The maximum absolute atomic E-state index is 10.4. The smallest absolute Gasteiger partial charge is 0.260 e. The summed E-state index contributed by atoms with van der Waals surface area (Å²) in [5, 5.41) is 2.47. The molecular formula is C3H3FO3. The van der Waals surface area contributed by atoms with Gasteiger partial charge in [-0.05, 0) is 4.53 Å². The second-order valence-corrected chi connectivity index (χ2v) is 0.669. The quantitative estimate of drug-likeness (QED) is 0.292. The second-order valence-electron chi connectivity index (χ2n) is 0.669. The van der Waals surface area contributed by atoms with Crippen LogP contribution >= 0.6 is 0 Å². The van der Waals surface area contributed by atoms with E-state index in [1.165, 1.54) is 0 Å². The Morgan fingerprint density at radius 3 is 2.57 bits per heavy atom. The van der Waals surface area contributed by atoms with Gasteiger partial charge in [0.1, 0.15) is 0 Å². The summed E-state index contributed by atoms with van der Waals surface area (Å²) in [5.74, 6) is -0.956. The third-order valence-corrected chi connectivity index (χ3v) is 0.280. The van der Waals surface area contributed by atoms with Crippen LogP contribution in [0.2, 0.25) is 0 Å². The Kier molecular flexibility index (Phi) is 2.87. The minimum atomic E-state index is -0.956. The lowest BCUT2D eigenvalue weighted by Crippen LogP contribution is -1.94. The van der Waals surface area contributed by atoms with E-state index in [1.54, 1.807) is 0 Å². The molecule has 0 unspecified atom stereocenters. The van der Waals surface area contributed by atoms with Crippen molar-refractivity contribution in [2.45, 2.75) is 0 Å². The molecule has 0 atom stereocenters. The van der Waals surface area contributed by atoms with Crippen LogP contribution in [0.5, 0.6) is 0 Å². The van der Waals surface area contributed by atoms with Crippen molar-refractivity contribution in [3.05, 3.63) is 12.7 Å². The molecule has 0 aromatic heterocycles. The number of rotatable bonds is 2. The Hall–Kier alpha value is -0.900. The van der Waals surface area contributed by atoms with Gasteiger partial charge in [-0.2, -0.15) is 0 Å². The van der Waals surface area contributed by atoms with Gasteiger partial charge in [-0.25, -0.2) is 4.79 Å². The molecule has 0 rings (SSSR count). The second kappa shape index (κ2) is 3.30. The normalized spacial score (nSPS) is 7.57. The van der Waals surface area contributed by atoms with E-state index >= 15 is 0 Å². The van der Waals surface area contributed by atoms with Crippen LogP contribution in [0.15, 0.2) is 12.7 Å². The van der Waals surface area contributed by atoms with Gasteiger partial charge in [0.2, 0.25) is 0 Å². The molecule has 0 aromatic rings. The highest BCUT2D eigenvalue weighted by Gasteiger charge is 1.91. The number of carbonyl (C=O) groups excluding carboxylic acids is 1. The molecule has 0 aliphatic carbocycles. The minimum absolute atomic E-state index is 0.777. The highest BCUT2D eigenvalue weighted by atomic mass is 19.3. The Morgan fingerprint density at radius 2 is 2.43 bits per heavy atom. The first-order valence-corrected chi connectivity index (χ1v) is 1.43. The van der Waals surface area contributed by atoms with Crippen molar-refractivity contribution in [2.75, 3.05) is 0 Å². The number of hydrogen-bond donors (Lipinski definition) is 0. The molecule has 0 saturated carbocycles. The molecule has 0 amide bonds. The van der Waals surface area contributed by atoms with Crippen LogP contribution in [-0.4, -0.2) is 5.97 Å². The molecule has 4 heteroatoms. The average molecular weight is 106 g/mol. The zero-order valence-electron chi connectivity index (χ0n) is 3.39. The van der Waals surface area contributed by atoms with Gasteiger partial charge in [0, 0.05) is 11.2 Å². The lowest BCUT2D eigenvalue weighted by Gasteiger charge is -1.83. The zero-order chi connectivity index (χ0) is 5.70. The fourth-order valence-electron chi connectivity index (χ4n) is 0.0651. The molecule has 40 valence electrons. The number of halogens is 1. The molecule has 0 radical (unpaired) electrons. The van der Waals surface area contributed by atoms with Crippen molar-refractivity contribution in [3.63, 3.8) is 0 Å². The van der Waals surface area contributed by atoms with E-state index in [0.29, 0.717) is 0 Å². The summed E-state index contributed by atoms with van der Waals surface area (Å²) in [4.78, 5) is 13.0. The van der Waals surface area contributed by atoms with Crippen molar-refractivity contribution in [3.8, 4) is 0 Å². The van der Waals surface area contributed by atoms with Crippen molar-refractivity contribution in [2.24, 2.45) is 0 Å². The average Bonchev–Trinajstić information content (AvgIpc) is 1.68. The lowest BCUT2D eigenvalue weighted by molar-refractivity contribution is -0.396. The maximum Gasteiger partial charge on any atom is 0.368 e. The molecule has 7 heavy (non-hydrogen) atoms. The maximum atomic E-state index is 10.4. The summed E-state index contributed by atoms with van der Waals surface area (Å²) in [6.45, 7) is 2.96. The third-order valence-electron chi connectivity index (χ3n) is 0.280.